The third-order valence-corrected chi connectivity index (χ3v) is 3.54. The van der Waals surface area contributed by atoms with Gasteiger partial charge < -0.3 is 10.8 Å². The van der Waals surface area contributed by atoms with Gasteiger partial charge in [-0.15, -0.1) is 0 Å². The molecule has 2 heterocycles. The number of carboxylic acids is 1. The number of hydrogen-bond donors (Lipinski definition) is 2. The molecule has 0 amide bonds. The number of nitrogen functional groups attached to an aromatic ring is 1. The third-order valence-electron chi connectivity index (χ3n) is 2.56. The van der Waals surface area contributed by atoms with Gasteiger partial charge in [-0.2, -0.15) is 11.8 Å². The van der Waals surface area contributed by atoms with Gasteiger partial charge in [0, 0.05) is 17.0 Å². The summed E-state index contributed by atoms with van der Waals surface area (Å²) >= 11 is 1.72. The first-order chi connectivity index (χ1) is 7.11. The number of aromatic nitrogens is 1. The summed E-state index contributed by atoms with van der Waals surface area (Å²) in [6.45, 7) is 1.75. The monoisotopic (exact) mass is 224 g/mol. The fourth-order valence-corrected chi connectivity index (χ4v) is 2.76. The topological polar surface area (TPSA) is 76.2 Å². The lowest BCUT2D eigenvalue weighted by atomic mass is 10.0. The number of nitrogens with zero attached hydrogens (tertiary/aromatic N) is 1. The van der Waals surface area contributed by atoms with E-state index >= 15 is 0 Å². The fraction of sp³-hybridized carbons (Fsp3) is 0.400. The van der Waals surface area contributed by atoms with E-state index in [9.17, 15) is 4.79 Å². The number of carboxylic acid groups (broad SMARTS) is 1. The number of nitrogens with two attached hydrogens (primary N) is 1. The molecule has 0 atom stereocenters. The molecule has 0 bridgehead atoms. The van der Waals surface area contributed by atoms with Crippen molar-refractivity contribution < 1.29 is 9.90 Å². The first-order valence-electron chi connectivity index (χ1n) is 4.70. The molecule has 1 aromatic rings. The molecule has 15 heavy (non-hydrogen) atoms. The number of aryl methyl sites for hydroxylation is 2. The lowest BCUT2D eigenvalue weighted by Crippen LogP contribution is -2.16. The van der Waals surface area contributed by atoms with Gasteiger partial charge in [0.25, 0.3) is 0 Å². The van der Waals surface area contributed by atoms with Crippen LogP contribution in [0.5, 0.6) is 0 Å². The van der Waals surface area contributed by atoms with E-state index in [4.69, 9.17) is 10.8 Å². The van der Waals surface area contributed by atoms with Gasteiger partial charge in [0.1, 0.15) is 0 Å². The highest BCUT2D eigenvalue weighted by Gasteiger charge is 2.23. The number of anilines is 1. The smallest absolute Gasteiger partial charge is 0.338 e. The molecule has 5 heteroatoms. The Morgan fingerprint density at radius 3 is 3.00 bits per heavy atom. The van der Waals surface area contributed by atoms with E-state index in [0.29, 0.717) is 17.1 Å². The van der Waals surface area contributed by atoms with Gasteiger partial charge in [0.15, 0.2) is 0 Å². The van der Waals surface area contributed by atoms with Crippen LogP contribution < -0.4 is 5.73 Å². The van der Waals surface area contributed by atoms with E-state index < -0.39 is 5.97 Å². The Hall–Kier alpha value is -1.23. The van der Waals surface area contributed by atoms with Crippen LogP contribution in [0.3, 0.4) is 0 Å². The number of fused-ring (bicyclic) bond motifs is 1. The summed E-state index contributed by atoms with van der Waals surface area (Å²) in [5.74, 6) is 0.758. The zero-order valence-electron chi connectivity index (χ0n) is 8.41. The van der Waals surface area contributed by atoms with E-state index in [1.807, 2.05) is 0 Å². The maximum Gasteiger partial charge on any atom is 0.338 e. The molecule has 1 aliphatic heterocycles. The molecule has 0 aromatic carbocycles. The van der Waals surface area contributed by atoms with Crippen molar-refractivity contribution in [2.45, 2.75) is 19.1 Å². The minimum atomic E-state index is -0.947. The summed E-state index contributed by atoms with van der Waals surface area (Å²) in [6.07, 6.45) is 0.835. The van der Waals surface area contributed by atoms with Crippen LogP contribution in [0.4, 0.5) is 5.69 Å². The second-order valence-electron chi connectivity index (χ2n) is 3.52. The normalized spacial score (nSPS) is 14.7. The van der Waals surface area contributed by atoms with Crippen molar-refractivity contribution in [2.24, 2.45) is 0 Å². The maximum atomic E-state index is 11.1. The van der Waals surface area contributed by atoms with Crippen molar-refractivity contribution in [1.29, 1.82) is 0 Å². The quantitative estimate of drug-likeness (QED) is 0.755. The highest BCUT2D eigenvalue weighted by atomic mass is 32.2. The zero-order chi connectivity index (χ0) is 11.0. The lowest BCUT2D eigenvalue weighted by molar-refractivity contribution is 0.0697. The average molecular weight is 224 g/mol. The molecule has 2 rings (SSSR count). The minimum absolute atomic E-state index is 0.254. The summed E-state index contributed by atoms with van der Waals surface area (Å²) in [5.41, 5.74) is 8.65. The van der Waals surface area contributed by atoms with Crippen molar-refractivity contribution in [3.8, 4) is 0 Å². The first kappa shape index (κ1) is 10.3. The van der Waals surface area contributed by atoms with Crippen LogP contribution in [-0.2, 0) is 12.2 Å². The van der Waals surface area contributed by atoms with Crippen LogP contribution in [-0.4, -0.2) is 21.8 Å². The second-order valence-corrected chi connectivity index (χ2v) is 4.62. The molecule has 3 N–H and O–H groups in total. The molecule has 0 saturated carbocycles. The number of carbonyl (C=O) groups is 1. The largest absolute Gasteiger partial charge is 0.478 e. The highest BCUT2D eigenvalue weighted by Crippen LogP contribution is 2.30. The standard InChI is InChI=1S/C10H12N2O2S/c1-5-9(11)8(10(13)14)6-4-15-3-2-7(6)12-5/h2-4,11H2,1H3,(H,13,14). The van der Waals surface area contributed by atoms with Gasteiger partial charge in [-0.05, 0) is 19.1 Å². The number of hydrogen-bond acceptors (Lipinski definition) is 4. The molecular weight excluding hydrogens is 212 g/mol. The first-order valence-corrected chi connectivity index (χ1v) is 5.85. The molecule has 0 spiro atoms. The molecule has 1 aliphatic rings. The highest BCUT2D eigenvalue weighted by molar-refractivity contribution is 7.98. The summed E-state index contributed by atoms with van der Waals surface area (Å²) in [6, 6.07) is 0. The molecule has 0 aliphatic carbocycles. The average Bonchev–Trinajstić information content (AvgIpc) is 2.19. The van der Waals surface area contributed by atoms with Crippen molar-refractivity contribution in [3.05, 3.63) is 22.5 Å². The van der Waals surface area contributed by atoms with Crippen LogP contribution >= 0.6 is 11.8 Å². The SMILES string of the molecule is Cc1nc2c(c(C(=O)O)c1N)CSCC2. The molecule has 1 aromatic heterocycles. The Balaban J connectivity index is 2.68. The summed E-state index contributed by atoms with van der Waals surface area (Å²) in [5, 5.41) is 9.13. The van der Waals surface area contributed by atoms with Crippen LogP contribution in [0.15, 0.2) is 0 Å². The predicted molar refractivity (Wildman–Crippen MR) is 60.2 cm³/mol. The predicted octanol–water partition coefficient (Wildman–Crippen LogP) is 1.46. The molecule has 0 radical (unpaired) electrons. The van der Waals surface area contributed by atoms with Crippen molar-refractivity contribution >= 4 is 23.4 Å². The fourth-order valence-electron chi connectivity index (χ4n) is 1.77. The van der Waals surface area contributed by atoms with Gasteiger partial charge in [-0.25, -0.2) is 4.79 Å². The Morgan fingerprint density at radius 2 is 2.33 bits per heavy atom. The molecule has 80 valence electrons. The summed E-state index contributed by atoms with van der Waals surface area (Å²) in [4.78, 5) is 15.5. The number of aromatic carboxylic acids is 1. The lowest BCUT2D eigenvalue weighted by Gasteiger charge is -2.19. The maximum absolute atomic E-state index is 11.1. The van der Waals surface area contributed by atoms with Crippen LogP contribution in [0.1, 0.15) is 27.3 Å². The van der Waals surface area contributed by atoms with E-state index in [1.165, 1.54) is 0 Å². The molecule has 0 unspecified atom stereocenters. The van der Waals surface area contributed by atoms with Crippen LogP contribution in [0, 0.1) is 6.92 Å². The number of thioether (sulfide) groups is 1. The molecule has 4 nitrogen and oxygen atoms in total. The van der Waals surface area contributed by atoms with Crippen molar-refractivity contribution in [2.75, 3.05) is 11.5 Å². The van der Waals surface area contributed by atoms with Crippen molar-refractivity contribution in [1.82, 2.24) is 4.98 Å². The van der Waals surface area contributed by atoms with E-state index in [0.717, 1.165) is 23.4 Å². The minimum Gasteiger partial charge on any atom is -0.478 e. The molecule has 0 fully saturated rings. The number of pyridine rings is 1. The van der Waals surface area contributed by atoms with Gasteiger partial charge in [0.05, 0.1) is 16.9 Å². The Labute approximate surface area is 91.9 Å². The number of rotatable bonds is 1. The van der Waals surface area contributed by atoms with E-state index in [-0.39, 0.29) is 5.56 Å². The van der Waals surface area contributed by atoms with Crippen LogP contribution in [0.25, 0.3) is 0 Å². The second kappa shape index (κ2) is 3.73. The van der Waals surface area contributed by atoms with E-state index in [2.05, 4.69) is 4.98 Å². The van der Waals surface area contributed by atoms with Gasteiger partial charge in [-0.3, -0.25) is 4.98 Å². The Kier molecular flexibility index (Phi) is 2.56. The zero-order valence-corrected chi connectivity index (χ0v) is 9.23. The molecule has 0 saturated heterocycles. The third kappa shape index (κ3) is 1.67. The van der Waals surface area contributed by atoms with Gasteiger partial charge >= 0.3 is 5.97 Å². The Bertz CT molecular complexity index is 432. The van der Waals surface area contributed by atoms with E-state index in [1.54, 1.807) is 18.7 Å². The summed E-state index contributed by atoms with van der Waals surface area (Å²) in [7, 11) is 0. The molecular formula is C10H12N2O2S. The van der Waals surface area contributed by atoms with Crippen molar-refractivity contribution in [3.63, 3.8) is 0 Å². The van der Waals surface area contributed by atoms with Crippen LogP contribution in [0.2, 0.25) is 0 Å². The Morgan fingerprint density at radius 1 is 1.60 bits per heavy atom. The van der Waals surface area contributed by atoms with Gasteiger partial charge in [-0.1, -0.05) is 0 Å². The van der Waals surface area contributed by atoms with Gasteiger partial charge in [0.2, 0.25) is 0 Å². The summed E-state index contributed by atoms with van der Waals surface area (Å²) < 4.78 is 0.